The summed E-state index contributed by atoms with van der Waals surface area (Å²) in [4.78, 5) is 13.2. The average molecular weight is 434 g/mol. The number of anilines is 1. The lowest BCUT2D eigenvalue weighted by Crippen LogP contribution is -2.12. The molecule has 0 saturated heterocycles. The molecule has 3 rings (SSSR count). The number of benzene rings is 3. The summed E-state index contributed by atoms with van der Waals surface area (Å²) in [7, 11) is 1.60. The van der Waals surface area contributed by atoms with Gasteiger partial charge in [-0.1, -0.05) is 29.8 Å². The number of carbonyl (C=O) groups excluding carboxylic acids is 1. The zero-order chi connectivity index (χ0) is 20.8. The number of hydrogen-bond donors (Lipinski definition) is 1. The third kappa shape index (κ3) is 5.49. The lowest BCUT2D eigenvalue weighted by atomic mass is 10.1. The van der Waals surface area contributed by atoms with Crippen LogP contribution in [0.4, 0.5) is 14.5 Å². The Bertz CT molecular complexity index is 1010. The predicted molar refractivity (Wildman–Crippen MR) is 113 cm³/mol. The van der Waals surface area contributed by atoms with Gasteiger partial charge in [0.15, 0.2) is 0 Å². The average Bonchev–Trinajstić information content (AvgIpc) is 2.75. The van der Waals surface area contributed by atoms with Gasteiger partial charge in [-0.2, -0.15) is 0 Å². The van der Waals surface area contributed by atoms with Crippen molar-refractivity contribution in [3.05, 3.63) is 88.2 Å². The van der Waals surface area contributed by atoms with Crippen LogP contribution in [-0.4, -0.2) is 13.0 Å². The number of nitrogens with one attached hydrogen (secondary N) is 1. The topological polar surface area (TPSA) is 38.3 Å². The predicted octanol–water partition coefficient (Wildman–Crippen LogP) is 6.50. The number of alkyl halides is 1. The third-order valence-electron chi connectivity index (χ3n) is 4.20. The van der Waals surface area contributed by atoms with Gasteiger partial charge in [-0.3, -0.25) is 4.79 Å². The molecular weight excluding hydrogens is 416 g/mol. The minimum absolute atomic E-state index is 0.0775. The zero-order valence-corrected chi connectivity index (χ0v) is 17.1. The molecule has 0 heterocycles. The first-order valence-corrected chi connectivity index (χ1v) is 10.1. The van der Waals surface area contributed by atoms with E-state index in [2.05, 4.69) is 5.32 Å². The van der Waals surface area contributed by atoms with E-state index in [0.29, 0.717) is 27.5 Å². The molecule has 0 aliphatic rings. The standard InChI is InChI=1S/C22H18ClF2NO2S/c1-28-18-7-2-14(3-8-18)13-29-21-10-15(4-5-16(21)12-24)22(27)26-17-6-9-20(25)19(23)11-17/h2-11H,12-13H2,1H3,(H,26,27). The minimum Gasteiger partial charge on any atom is -0.497 e. The van der Waals surface area contributed by atoms with E-state index in [1.165, 1.54) is 30.0 Å². The van der Waals surface area contributed by atoms with Crippen LogP contribution in [-0.2, 0) is 12.4 Å². The van der Waals surface area contributed by atoms with Crippen LogP contribution in [0.2, 0.25) is 5.02 Å². The van der Waals surface area contributed by atoms with Crippen LogP contribution in [0, 0.1) is 5.82 Å². The Balaban J connectivity index is 1.74. The molecule has 0 atom stereocenters. The molecule has 0 spiro atoms. The number of halogens is 3. The van der Waals surface area contributed by atoms with E-state index in [4.69, 9.17) is 16.3 Å². The quantitative estimate of drug-likeness (QED) is 0.432. The van der Waals surface area contributed by atoms with Crippen LogP contribution in [0.1, 0.15) is 21.5 Å². The molecule has 3 nitrogen and oxygen atoms in total. The zero-order valence-electron chi connectivity index (χ0n) is 15.5. The van der Waals surface area contributed by atoms with Gasteiger partial charge in [0, 0.05) is 21.9 Å². The molecule has 0 aliphatic heterocycles. The van der Waals surface area contributed by atoms with Gasteiger partial charge in [-0.05, 0) is 53.6 Å². The smallest absolute Gasteiger partial charge is 0.255 e. The lowest BCUT2D eigenvalue weighted by Gasteiger charge is -2.11. The molecule has 0 aromatic heterocycles. The van der Waals surface area contributed by atoms with Crippen molar-refractivity contribution in [1.29, 1.82) is 0 Å². The first-order valence-electron chi connectivity index (χ1n) is 8.71. The second-order valence-electron chi connectivity index (χ2n) is 6.18. The summed E-state index contributed by atoms with van der Waals surface area (Å²) >= 11 is 7.20. The van der Waals surface area contributed by atoms with E-state index in [1.54, 1.807) is 25.3 Å². The summed E-state index contributed by atoms with van der Waals surface area (Å²) in [6.45, 7) is -0.625. The molecule has 0 fully saturated rings. The van der Waals surface area contributed by atoms with Crippen molar-refractivity contribution in [3.63, 3.8) is 0 Å². The van der Waals surface area contributed by atoms with E-state index in [1.807, 2.05) is 24.3 Å². The van der Waals surface area contributed by atoms with E-state index in [9.17, 15) is 13.6 Å². The van der Waals surface area contributed by atoms with Gasteiger partial charge in [0.05, 0.1) is 12.1 Å². The third-order valence-corrected chi connectivity index (χ3v) is 5.66. The number of hydrogen-bond acceptors (Lipinski definition) is 3. The van der Waals surface area contributed by atoms with Gasteiger partial charge in [0.2, 0.25) is 0 Å². The fraction of sp³-hybridized carbons (Fsp3) is 0.136. The Morgan fingerprint density at radius 1 is 1.10 bits per heavy atom. The number of thioether (sulfide) groups is 1. The largest absolute Gasteiger partial charge is 0.497 e. The van der Waals surface area contributed by atoms with E-state index >= 15 is 0 Å². The molecule has 3 aromatic rings. The van der Waals surface area contributed by atoms with Crippen molar-refractivity contribution in [1.82, 2.24) is 0 Å². The Morgan fingerprint density at radius 2 is 1.86 bits per heavy atom. The van der Waals surface area contributed by atoms with E-state index in [0.717, 1.165) is 11.3 Å². The highest BCUT2D eigenvalue weighted by molar-refractivity contribution is 7.98. The van der Waals surface area contributed by atoms with Gasteiger partial charge in [0.25, 0.3) is 5.91 Å². The molecule has 0 radical (unpaired) electrons. The fourth-order valence-electron chi connectivity index (χ4n) is 2.60. The Labute approximate surface area is 177 Å². The molecular formula is C22H18ClF2NO2S. The summed E-state index contributed by atoms with van der Waals surface area (Å²) in [5.74, 6) is 0.441. The van der Waals surface area contributed by atoms with Crippen LogP contribution in [0.15, 0.2) is 65.6 Å². The molecule has 0 bridgehead atoms. The summed E-state index contributed by atoms with van der Waals surface area (Å²) in [5, 5.41) is 2.59. The van der Waals surface area contributed by atoms with Crippen molar-refractivity contribution in [2.75, 3.05) is 12.4 Å². The molecule has 0 saturated carbocycles. The number of amides is 1. The summed E-state index contributed by atoms with van der Waals surface area (Å²) in [6, 6.07) is 16.4. The molecule has 150 valence electrons. The number of rotatable bonds is 7. The second kappa shape index (κ2) is 9.76. The molecule has 29 heavy (non-hydrogen) atoms. The van der Waals surface area contributed by atoms with Crippen molar-refractivity contribution >= 4 is 35.0 Å². The highest BCUT2D eigenvalue weighted by atomic mass is 35.5. The summed E-state index contributed by atoms with van der Waals surface area (Å²) < 4.78 is 31.8. The van der Waals surface area contributed by atoms with Crippen molar-refractivity contribution in [3.8, 4) is 5.75 Å². The van der Waals surface area contributed by atoms with E-state index in [-0.39, 0.29) is 10.9 Å². The van der Waals surface area contributed by atoms with Crippen LogP contribution in [0.25, 0.3) is 0 Å². The first-order chi connectivity index (χ1) is 14.0. The second-order valence-corrected chi connectivity index (χ2v) is 7.60. The summed E-state index contributed by atoms with van der Waals surface area (Å²) in [5.41, 5.74) is 2.32. The highest BCUT2D eigenvalue weighted by Gasteiger charge is 2.12. The number of methoxy groups -OCH3 is 1. The van der Waals surface area contributed by atoms with Gasteiger partial charge < -0.3 is 10.1 Å². The minimum atomic E-state index is -0.625. The lowest BCUT2D eigenvalue weighted by molar-refractivity contribution is 0.102. The summed E-state index contributed by atoms with van der Waals surface area (Å²) in [6.07, 6.45) is 0. The number of ether oxygens (including phenoxy) is 1. The molecule has 0 aliphatic carbocycles. The van der Waals surface area contributed by atoms with Gasteiger partial charge in [-0.15, -0.1) is 11.8 Å². The monoisotopic (exact) mass is 433 g/mol. The van der Waals surface area contributed by atoms with Crippen LogP contribution < -0.4 is 10.1 Å². The SMILES string of the molecule is COc1ccc(CSc2cc(C(=O)Nc3ccc(F)c(Cl)c3)ccc2CF)cc1. The first kappa shape index (κ1) is 21.1. The molecule has 1 N–H and O–H groups in total. The van der Waals surface area contributed by atoms with Crippen molar-refractivity contribution < 1.29 is 18.3 Å². The van der Waals surface area contributed by atoms with Crippen molar-refractivity contribution in [2.24, 2.45) is 0 Å². The van der Waals surface area contributed by atoms with Crippen LogP contribution >= 0.6 is 23.4 Å². The highest BCUT2D eigenvalue weighted by Crippen LogP contribution is 2.29. The molecule has 1 amide bonds. The van der Waals surface area contributed by atoms with Crippen molar-refractivity contribution in [2.45, 2.75) is 17.3 Å². The Morgan fingerprint density at radius 3 is 2.52 bits per heavy atom. The van der Waals surface area contributed by atoms with E-state index < -0.39 is 12.5 Å². The maximum atomic E-state index is 13.4. The fourth-order valence-corrected chi connectivity index (χ4v) is 3.81. The van der Waals surface area contributed by atoms with Crippen LogP contribution in [0.3, 0.4) is 0 Å². The van der Waals surface area contributed by atoms with Crippen LogP contribution in [0.5, 0.6) is 5.75 Å². The van der Waals surface area contributed by atoms with Gasteiger partial charge >= 0.3 is 0 Å². The Hall–Kier alpha value is -2.57. The maximum Gasteiger partial charge on any atom is 0.255 e. The number of carbonyl (C=O) groups is 1. The molecule has 0 unspecified atom stereocenters. The van der Waals surface area contributed by atoms with Gasteiger partial charge in [0.1, 0.15) is 18.2 Å². The van der Waals surface area contributed by atoms with Gasteiger partial charge in [-0.25, -0.2) is 8.78 Å². The molecule has 7 heteroatoms. The molecule has 3 aromatic carbocycles. The maximum absolute atomic E-state index is 13.4. The Kier molecular flexibility index (Phi) is 7.12. The normalized spacial score (nSPS) is 10.6.